The second kappa shape index (κ2) is 4.16. The van der Waals surface area contributed by atoms with E-state index in [0.717, 1.165) is 4.90 Å². The highest BCUT2D eigenvalue weighted by molar-refractivity contribution is 6.00. The van der Waals surface area contributed by atoms with E-state index in [9.17, 15) is 14.4 Å². The van der Waals surface area contributed by atoms with Crippen molar-refractivity contribution in [1.82, 2.24) is 15.5 Å². The highest BCUT2D eigenvalue weighted by Crippen LogP contribution is 1.75. The molecular weight excluding hydrogens is 164 g/mol. The number of imide groups is 2. The number of nitrogens with zero attached hydrogens (tertiary/aromatic N) is 1. The smallest absolute Gasteiger partial charge is 0.330 e. The number of hydrogen-bond acceptors (Lipinski definition) is 3. The fourth-order valence-electron chi connectivity index (χ4n) is 0.352. The molecule has 0 saturated heterocycles. The van der Waals surface area contributed by atoms with E-state index in [1.807, 2.05) is 5.32 Å². The SMILES string of the molecule is CN(C)C(=O)NC(=O)NC(N)=O. The highest BCUT2D eigenvalue weighted by Gasteiger charge is 2.09. The Labute approximate surface area is 68.9 Å². The summed E-state index contributed by atoms with van der Waals surface area (Å²) < 4.78 is 0. The lowest BCUT2D eigenvalue weighted by Crippen LogP contribution is -2.47. The Morgan fingerprint density at radius 2 is 1.67 bits per heavy atom. The Hall–Kier alpha value is -1.79. The van der Waals surface area contributed by atoms with Crippen molar-refractivity contribution in [2.24, 2.45) is 5.73 Å². The third kappa shape index (κ3) is 4.09. The number of carbonyl (C=O) groups is 3. The van der Waals surface area contributed by atoms with Gasteiger partial charge >= 0.3 is 18.1 Å². The van der Waals surface area contributed by atoms with Crippen LogP contribution in [0.4, 0.5) is 14.4 Å². The minimum absolute atomic E-state index is 0.631. The van der Waals surface area contributed by atoms with Crippen molar-refractivity contribution in [1.29, 1.82) is 0 Å². The van der Waals surface area contributed by atoms with Crippen LogP contribution in [0.25, 0.3) is 0 Å². The van der Waals surface area contributed by atoms with Crippen LogP contribution >= 0.6 is 0 Å². The van der Waals surface area contributed by atoms with Crippen LogP contribution in [0.5, 0.6) is 0 Å². The van der Waals surface area contributed by atoms with Crippen molar-refractivity contribution in [2.45, 2.75) is 0 Å². The van der Waals surface area contributed by atoms with Gasteiger partial charge in [-0.2, -0.15) is 0 Å². The van der Waals surface area contributed by atoms with Gasteiger partial charge in [0, 0.05) is 14.1 Å². The van der Waals surface area contributed by atoms with E-state index in [1.165, 1.54) is 14.1 Å². The molecule has 0 spiro atoms. The lowest BCUT2D eigenvalue weighted by molar-refractivity contribution is 0.210. The minimum Gasteiger partial charge on any atom is -0.351 e. The molecule has 0 unspecified atom stereocenters. The van der Waals surface area contributed by atoms with Crippen LogP contribution < -0.4 is 16.4 Å². The van der Waals surface area contributed by atoms with Gasteiger partial charge in [-0.1, -0.05) is 0 Å². The zero-order chi connectivity index (χ0) is 9.72. The van der Waals surface area contributed by atoms with Crippen molar-refractivity contribution in [3.63, 3.8) is 0 Å². The monoisotopic (exact) mass is 174 g/mol. The number of amides is 6. The normalized spacial score (nSPS) is 8.50. The van der Waals surface area contributed by atoms with E-state index in [4.69, 9.17) is 0 Å². The molecule has 0 aromatic carbocycles. The lowest BCUT2D eigenvalue weighted by atomic mass is 10.8. The second-order valence-electron chi connectivity index (χ2n) is 2.14. The molecule has 0 aliphatic heterocycles. The van der Waals surface area contributed by atoms with Crippen molar-refractivity contribution in [3.8, 4) is 0 Å². The van der Waals surface area contributed by atoms with Crippen LogP contribution in [0.1, 0.15) is 0 Å². The first-order valence-corrected chi connectivity index (χ1v) is 3.02. The van der Waals surface area contributed by atoms with Crippen LogP contribution in [0, 0.1) is 0 Å². The van der Waals surface area contributed by atoms with E-state index < -0.39 is 18.1 Å². The largest absolute Gasteiger partial charge is 0.351 e. The summed E-state index contributed by atoms with van der Waals surface area (Å²) in [6, 6.07) is -2.59. The zero-order valence-electron chi connectivity index (χ0n) is 6.75. The molecule has 6 amide bonds. The van der Waals surface area contributed by atoms with E-state index >= 15 is 0 Å². The van der Waals surface area contributed by atoms with E-state index in [-0.39, 0.29) is 0 Å². The molecule has 68 valence electrons. The Morgan fingerprint density at radius 1 is 1.17 bits per heavy atom. The first kappa shape index (κ1) is 10.2. The molecular formula is C5H10N4O3. The molecule has 0 rings (SSSR count). The van der Waals surface area contributed by atoms with Gasteiger partial charge in [0.1, 0.15) is 0 Å². The molecule has 7 heteroatoms. The highest BCUT2D eigenvalue weighted by atomic mass is 16.2. The predicted octanol–water partition coefficient (Wildman–Crippen LogP) is -0.954. The summed E-state index contributed by atoms with van der Waals surface area (Å²) in [6.45, 7) is 0. The third-order valence-corrected chi connectivity index (χ3v) is 0.863. The molecule has 0 aromatic heterocycles. The van der Waals surface area contributed by atoms with E-state index in [0.29, 0.717) is 0 Å². The van der Waals surface area contributed by atoms with Crippen LogP contribution in [0.15, 0.2) is 0 Å². The molecule has 0 radical (unpaired) electrons. The van der Waals surface area contributed by atoms with Crippen molar-refractivity contribution < 1.29 is 14.4 Å². The van der Waals surface area contributed by atoms with Gasteiger partial charge < -0.3 is 10.6 Å². The van der Waals surface area contributed by atoms with Gasteiger partial charge in [0.15, 0.2) is 0 Å². The minimum atomic E-state index is -1.01. The summed E-state index contributed by atoms with van der Waals surface area (Å²) >= 11 is 0. The summed E-state index contributed by atoms with van der Waals surface area (Å²) in [5, 5.41) is 3.52. The maximum Gasteiger partial charge on any atom is 0.330 e. The van der Waals surface area contributed by atoms with Crippen molar-refractivity contribution >= 4 is 18.1 Å². The summed E-state index contributed by atoms with van der Waals surface area (Å²) in [5.41, 5.74) is 4.61. The van der Waals surface area contributed by atoms with Gasteiger partial charge in [-0.05, 0) is 0 Å². The number of nitrogens with one attached hydrogen (secondary N) is 2. The molecule has 0 aromatic rings. The molecule has 7 nitrogen and oxygen atoms in total. The maximum absolute atomic E-state index is 10.7. The van der Waals surface area contributed by atoms with Crippen molar-refractivity contribution in [2.75, 3.05) is 14.1 Å². The Balaban J connectivity index is 3.85. The molecule has 0 aliphatic rings. The standard InChI is InChI=1S/C5H10N4O3/c1-9(2)5(12)8-4(11)7-3(6)10/h1-2H3,(H4,6,7,8,10,11,12). The number of carbonyl (C=O) groups excluding carboxylic acids is 3. The first-order chi connectivity index (χ1) is 5.43. The number of hydrogen-bond donors (Lipinski definition) is 3. The van der Waals surface area contributed by atoms with Crippen LogP contribution in [0.3, 0.4) is 0 Å². The zero-order valence-corrected chi connectivity index (χ0v) is 6.75. The predicted molar refractivity (Wildman–Crippen MR) is 40.3 cm³/mol. The second-order valence-corrected chi connectivity index (χ2v) is 2.14. The molecule has 0 saturated carbocycles. The summed E-state index contributed by atoms with van der Waals surface area (Å²) in [4.78, 5) is 32.6. The Bertz CT molecular complexity index is 213. The number of rotatable bonds is 0. The quantitative estimate of drug-likeness (QED) is 0.440. The average Bonchev–Trinajstić information content (AvgIpc) is 1.84. The molecule has 12 heavy (non-hydrogen) atoms. The number of urea groups is 3. The fourth-order valence-corrected chi connectivity index (χ4v) is 0.352. The Morgan fingerprint density at radius 3 is 2.00 bits per heavy atom. The van der Waals surface area contributed by atoms with Gasteiger partial charge in [0.25, 0.3) is 0 Å². The van der Waals surface area contributed by atoms with Crippen LogP contribution in [0.2, 0.25) is 0 Å². The van der Waals surface area contributed by atoms with E-state index in [1.54, 1.807) is 5.32 Å². The topological polar surface area (TPSA) is 105 Å². The molecule has 4 N–H and O–H groups in total. The molecule has 0 aliphatic carbocycles. The molecule has 0 heterocycles. The van der Waals surface area contributed by atoms with Gasteiger partial charge in [0.2, 0.25) is 0 Å². The maximum atomic E-state index is 10.7. The van der Waals surface area contributed by atoms with Crippen LogP contribution in [-0.2, 0) is 0 Å². The van der Waals surface area contributed by atoms with Gasteiger partial charge in [-0.15, -0.1) is 0 Å². The first-order valence-electron chi connectivity index (χ1n) is 3.02. The molecule has 0 fully saturated rings. The third-order valence-electron chi connectivity index (χ3n) is 0.863. The average molecular weight is 174 g/mol. The molecule has 0 bridgehead atoms. The van der Waals surface area contributed by atoms with E-state index in [2.05, 4.69) is 5.73 Å². The van der Waals surface area contributed by atoms with Crippen molar-refractivity contribution in [3.05, 3.63) is 0 Å². The Kier molecular flexibility index (Phi) is 3.54. The van der Waals surface area contributed by atoms with Gasteiger partial charge in [-0.25, -0.2) is 14.4 Å². The number of nitrogens with two attached hydrogens (primary N) is 1. The van der Waals surface area contributed by atoms with Gasteiger partial charge in [0.05, 0.1) is 0 Å². The number of primary amides is 1. The fraction of sp³-hybridized carbons (Fsp3) is 0.400. The van der Waals surface area contributed by atoms with Crippen LogP contribution in [-0.4, -0.2) is 37.1 Å². The summed E-state index contributed by atoms with van der Waals surface area (Å²) in [5.74, 6) is 0. The van der Waals surface area contributed by atoms with Gasteiger partial charge in [-0.3, -0.25) is 10.6 Å². The summed E-state index contributed by atoms with van der Waals surface area (Å²) in [6.07, 6.45) is 0. The lowest BCUT2D eigenvalue weighted by Gasteiger charge is -2.09. The molecule has 0 atom stereocenters. The summed E-state index contributed by atoms with van der Waals surface area (Å²) in [7, 11) is 2.90.